The summed E-state index contributed by atoms with van der Waals surface area (Å²) in [5, 5.41) is 16.3. The fourth-order valence-electron chi connectivity index (χ4n) is 3.47. The van der Waals surface area contributed by atoms with Gasteiger partial charge in [-0.25, -0.2) is 4.98 Å². The Morgan fingerprint density at radius 3 is 2.58 bits per heavy atom. The number of hydrogen-bond donors (Lipinski definition) is 2. The van der Waals surface area contributed by atoms with E-state index in [4.69, 9.17) is 4.98 Å². The van der Waals surface area contributed by atoms with Crippen molar-refractivity contribution in [1.82, 2.24) is 4.98 Å². The first-order chi connectivity index (χ1) is 15.9. The first-order valence-corrected chi connectivity index (χ1v) is 11.5. The van der Waals surface area contributed by atoms with E-state index in [2.05, 4.69) is 43.5 Å². The zero-order valence-electron chi connectivity index (χ0n) is 18.7. The summed E-state index contributed by atoms with van der Waals surface area (Å²) >= 11 is 1.66. The highest BCUT2D eigenvalue weighted by Gasteiger charge is 2.13. The van der Waals surface area contributed by atoms with E-state index >= 15 is 0 Å². The minimum Gasteiger partial charge on any atom is -0.360 e. The Morgan fingerprint density at radius 2 is 1.85 bits per heavy atom. The van der Waals surface area contributed by atoms with Crippen LogP contribution in [0.5, 0.6) is 0 Å². The summed E-state index contributed by atoms with van der Waals surface area (Å²) in [6, 6.07) is 23.6. The molecule has 0 spiro atoms. The predicted octanol–water partition coefficient (Wildman–Crippen LogP) is 6.85. The molecule has 164 valence electrons. The number of fused-ring (bicyclic) bond motifs is 1. The average molecular weight is 453 g/mol. The summed E-state index contributed by atoms with van der Waals surface area (Å²) in [4.78, 5) is 17.4. The van der Waals surface area contributed by atoms with Crippen LogP contribution >= 0.6 is 11.3 Å². The molecule has 6 heteroatoms. The van der Waals surface area contributed by atoms with Crippen LogP contribution in [0, 0.1) is 18.3 Å². The van der Waals surface area contributed by atoms with Crippen LogP contribution in [0.2, 0.25) is 0 Å². The SMILES string of the molecule is Cc1ccc2nc(-c3ccc(N/C=C(/C#N)C(=O)Nc4ccccc4C(C)C)cc3)sc2c1. The molecule has 1 aromatic heterocycles. The fraction of sp³-hybridized carbons (Fsp3) is 0.148. The van der Waals surface area contributed by atoms with Crippen LogP contribution in [0.1, 0.15) is 30.9 Å². The number of carbonyl (C=O) groups is 1. The molecular formula is C27H24N4OS. The van der Waals surface area contributed by atoms with Crippen LogP contribution in [0.25, 0.3) is 20.8 Å². The highest BCUT2D eigenvalue weighted by Crippen LogP contribution is 2.31. The molecule has 33 heavy (non-hydrogen) atoms. The molecule has 0 aliphatic heterocycles. The van der Waals surface area contributed by atoms with Gasteiger partial charge in [0.2, 0.25) is 0 Å². The summed E-state index contributed by atoms with van der Waals surface area (Å²) in [7, 11) is 0. The van der Waals surface area contributed by atoms with Crippen molar-refractivity contribution >= 4 is 38.8 Å². The summed E-state index contributed by atoms with van der Waals surface area (Å²) < 4.78 is 1.17. The molecule has 2 N–H and O–H groups in total. The summed E-state index contributed by atoms with van der Waals surface area (Å²) in [6.45, 7) is 6.20. The quantitative estimate of drug-likeness (QED) is 0.248. The lowest BCUT2D eigenvalue weighted by atomic mass is 10.0. The van der Waals surface area contributed by atoms with Crippen molar-refractivity contribution in [2.75, 3.05) is 10.6 Å². The maximum absolute atomic E-state index is 12.6. The monoisotopic (exact) mass is 452 g/mol. The predicted molar refractivity (Wildman–Crippen MR) is 136 cm³/mol. The molecule has 0 radical (unpaired) electrons. The Labute approximate surface area is 197 Å². The van der Waals surface area contributed by atoms with Gasteiger partial charge in [0.25, 0.3) is 5.91 Å². The van der Waals surface area contributed by atoms with Crippen molar-refractivity contribution in [3.05, 3.63) is 89.6 Å². The van der Waals surface area contributed by atoms with E-state index in [1.165, 1.54) is 16.5 Å². The van der Waals surface area contributed by atoms with Crippen LogP contribution in [-0.2, 0) is 4.79 Å². The van der Waals surface area contributed by atoms with Crippen molar-refractivity contribution in [2.24, 2.45) is 0 Å². The topological polar surface area (TPSA) is 77.8 Å². The van der Waals surface area contributed by atoms with Gasteiger partial charge in [0.05, 0.1) is 10.2 Å². The van der Waals surface area contributed by atoms with Crippen molar-refractivity contribution in [3.63, 3.8) is 0 Å². The van der Waals surface area contributed by atoms with Crippen molar-refractivity contribution in [2.45, 2.75) is 26.7 Å². The summed E-state index contributed by atoms with van der Waals surface area (Å²) in [5.41, 5.74) is 5.75. The molecule has 0 unspecified atom stereocenters. The number of rotatable bonds is 6. The van der Waals surface area contributed by atoms with Crippen LogP contribution in [0.15, 0.2) is 78.5 Å². The van der Waals surface area contributed by atoms with E-state index < -0.39 is 5.91 Å². The summed E-state index contributed by atoms with van der Waals surface area (Å²) in [6.07, 6.45) is 1.43. The number of nitriles is 1. The number of aryl methyl sites for hydroxylation is 1. The van der Waals surface area contributed by atoms with E-state index in [-0.39, 0.29) is 11.5 Å². The number of nitrogens with zero attached hydrogens (tertiary/aromatic N) is 2. The van der Waals surface area contributed by atoms with Crippen molar-refractivity contribution in [3.8, 4) is 16.6 Å². The number of amides is 1. The highest BCUT2D eigenvalue weighted by atomic mass is 32.1. The van der Waals surface area contributed by atoms with Crippen molar-refractivity contribution in [1.29, 1.82) is 5.26 Å². The number of aromatic nitrogens is 1. The Morgan fingerprint density at radius 1 is 1.09 bits per heavy atom. The third-order valence-electron chi connectivity index (χ3n) is 5.26. The Kier molecular flexibility index (Phi) is 6.53. The first-order valence-electron chi connectivity index (χ1n) is 10.7. The van der Waals surface area contributed by atoms with E-state index in [0.29, 0.717) is 5.69 Å². The largest absolute Gasteiger partial charge is 0.360 e. The van der Waals surface area contributed by atoms with Gasteiger partial charge in [0, 0.05) is 23.1 Å². The Bertz CT molecular complexity index is 1380. The maximum atomic E-state index is 12.6. The van der Waals surface area contributed by atoms with Gasteiger partial charge in [-0.15, -0.1) is 11.3 Å². The molecule has 0 atom stereocenters. The Hall–Kier alpha value is -3.95. The number of anilines is 2. The molecule has 5 nitrogen and oxygen atoms in total. The lowest BCUT2D eigenvalue weighted by molar-refractivity contribution is -0.112. The van der Waals surface area contributed by atoms with Gasteiger partial charge in [-0.1, -0.05) is 38.1 Å². The minimum atomic E-state index is -0.445. The second-order valence-electron chi connectivity index (χ2n) is 8.08. The average Bonchev–Trinajstić information content (AvgIpc) is 3.23. The Balaban J connectivity index is 1.47. The second kappa shape index (κ2) is 9.68. The fourth-order valence-corrected chi connectivity index (χ4v) is 4.54. The molecule has 4 rings (SSSR count). The van der Waals surface area contributed by atoms with Gasteiger partial charge < -0.3 is 10.6 Å². The molecule has 0 fully saturated rings. The van der Waals surface area contributed by atoms with Crippen LogP contribution < -0.4 is 10.6 Å². The van der Waals surface area contributed by atoms with Crippen molar-refractivity contribution < 1.29 is 4.79 Å². The zero-order chi connectivity index (χ0) is 23.4. The minimum absolute atomic E-state index is 0.000761. The van der Waals surface area contributed by atoms with E-state index in [1.807, 2.05) is 60.7 Å². The highest BCUT2D eigenvalue weighted by molar-refractivity contribution is 7.21. The number of thiazole rings is 1. The summed E-state index contributed by atoms with van der Waals surface area (Å²) in [5.74, 6) is -0.188. The molecule has 0 aliphatic rings. The first kappa shape index (κ1) is 22.3. The number of carbonyl (C=O) groups excluding carboxylic acids is 1. The molecule has 0 saturated heterocycles. The zero-order valence-corrected chi connectivity index (χ0v) is 19.5. The lowest BCUT2D eigenvalue weighted by Gasteiger charge is -2.13. The number of nitrogens with one attached hydrogen (secondary N) is 2. The molecule has 0 saturated carbocycles. The molecule has 0 bridgehead atoms. The molecule has 0 aliphatic carbocycles. The smallest absolute Gasteiger partial charge is 0.267 e. The molecule has 3 aromatic carbocycles. The molecule has 1 heterocycles. The molecule has 1 amide bonds. The molecular weight excluding hydrogens is 428 g/mol. The van der Waals surface area contributed by atoms with E-state index in [0.717, 1.165) is 27.3 Å². The van der Waals surface area contributed by atoms with E-state index in [9.17, 15) is 10.1 Å². The van der Waals surface area contributed by atoms with Gasteiger partial charge in [-0.05, 0) is 66.4 Å². The normalized spacial score (nSPS) is 11.4. The maximum Gasteiger partial charge on any atom is 0.267 e. The molecule has 4 aromatic rings. The third-order valence-corrected chi connectivity index (χ3v) is 6.32. The van der Waals surface area contributed by atoms with Gasteiger partial charge in [-0.2, -0.15) is 5.26 Å². The van der Waals surface area contributed by atoms with E-state index in [1.54, 1.807) is 11.3 Å². The third kappa shape index (κ3) is 5.11. The number of hydrogen-bond acceptors (Lipinski definition) is 5. The standard InChI is InChI=1S/C27H24N4OS/c1-17(2)22-6-4-5-7-23(22)30-26(32)20(15-28)16-29-21-11-9-19(10-12-21)27-31-24-13-8-18(3)14-25(24)33-27/h4-14,16-17,29H,1-3H3,(H,30,32)/b20-16-. The second-order valence-corrected chi connectivity index (χ2v) is 9.11. The van der Waals surface area contributed by atoms with Crippen LogP contribution in [0.4, 0.5) is 11.4 Å². The number of benzene rings is 3. The van der Waals surface area contributed by atoms with Gasteiger partial charge in [0.15, 0.2) is 0 Å². The van der Waals surface area contributed by atoms with Gasteiger partial charge in [0.1, 0.15) is 16.6 Å². The lowest BCUT2D eigenvalue weighted by Crippen LogP contribution is -2.16. The van der Waals surface area contributed by atoms with Gasteiger partial charge >= 0.3 is 0 Å². The van der Waals surface area contributed by atoms with Crippen LogP contribution in [-0.4, -0.2) is 10.9 Å². The number of para-hydroxylation sites is 1. The van der Waals surface area contributed by atoms with Crippen LogP contribution in [0.3, 0.4) is 0 Å². The van der Waals surface area contributed by atoms with Gasteiger partial charge in [-0.3, -0.25) is 4.79 Å².